The number of carbonyl (C=O) groups excluding carboxylic acids is 1. The minimum Gasteiger partial charge on any atom is -0.497 e. The van der Waals surface area contributed by atoms with Crippen molar-refractivity contribution in [3.63, 3.8) is 0 Å². The Morgan fingerprint density at radius 1 is 1.33 bits per heavy atom. The minimum absolute atomic E-state index is 0.105. The van der Waals surface area contributed by atoms with Gasteiger partial charge in [0.05, 0.1) is 43.6 Å². The van der Waals surface area contributed by atoms with Crippen LogP contribution >= 0.6 is 0 Å². The first kappa shape index (κ1) is 18.2. The molecule has 0 aliphatic carbocycles. The van der Waals surface area contributed by atoms with Gasteiger partial charge in [-0.2, -0.15) is 0 Å². The lowest BCUT2D eigenvalue weighted by molar-refractivity contribution is -0.145. The molecule has 2 saturated heterocycles. The summed E-state index contributed by atoms with van der Waals surface area (Å²) in [6, 6.07) is 7.54. The number of hydrogen-bond donors (Lipinski definition) is 1. The highest BCUT2D eigenvalue weighted by Gasteiger charge is 2.42. The van der Waals surface area contributed by atoms with Gasteiger partial charge in [0.1, 0.15) is 5.75 Å². The largest absolute Gasteiger partial charge is 0.497 e. The van der Waals surface area contributed by atoms with E-state index in [-0.39, 0.29) is 5.91 Å². The molecule has 1 N–H and O–H groups in total. The van der Waals surface area contributed by atoms with Crippen LogP contribution in [0.3, 0.4) is 0 Å². The van der Waals surface area contributed by atoms with E-state index in [1.54, 1.807) is 7.11 Å². The predicted octanol–water partition coefficient (Wildman–Crippen LogP) is 1.73. The van der Waals surface area contributed by atoms with Gasteiger partial charge < -0.3 is 19.5 Å². The number of fused-ring (bicyclic) bond motifs is 1. The number of rotatable bonds is 5. The zero-order chi connectivity index (χ0) is 18.9. The summed E-state index contributed by atoms with van der Waals surface area (Å²) in [5.41, 5.74) is 2.16. The number of carbonyl (C=O) groups is 1. The Kier molecular flexibility index (Phi) is 4.99. The predicted molar refractivity (Wildman–Crippen MR) is 101 cm³/mol. The van der Waals surface area contributed by atoms with E-state index in [0.29, 0.717) is 25.3 Å². The van der Waals surface area contributed by atoms with E-state index in [0.717, 1.165) is 48.4 Å². The molecule has 0 atom stereocenters. The average Bonchev–Trinajstić information content (AvgIpc) is 3.30. The summed E-state index contributed by atoms with van der Waals surface area (Å²) in [4.78, 5) is 19.4. The number of pyridine rings is 1. The average molecular weight is 371 g/mol. The van der Waals surface area contributed by atoms with Crippen molar-refractivity contribution in [2.45, 2.75) is 19.1 Å². The van der Waals surface area contributed by atoms with Crippen LogP contribution in [0.2, 0.25) is 0 Å². The van der Waals surface area contributed by atoms with Crippen LogP contribution in [0.4, 0.5) is 0 Å². The third-order valence-corrected chi connectivity index (χ3v) is 5.26. The molecule has 1 aromatic heterocycles. The topological polar surface area (TPSA) is 72.9 Å². The summed E-state index contributed by atoms with van der Waals surface area (Å²) >= 11 is 0. The Balaban J connectivity index is 1.37. The number of amides is 1. The van der Waals surface area contributed by atoms with Crippen molar-refractivity contribution in [3.05, 3.63) is 35.5 Å². The number of methoxy groups -OCH3 is 1. The van der Waals surface area contributed by atoms with Gasteiger partial charge in [0.2, 0.25) is 0 Å². The quantitative estimate of drug-likeness (QED) is 0.863. The monoisotopic (exact) mass is 371 g/mol. The molecule has 27 heavy (non-hydrogen) atoms. The molecule has 0 bridgehead atoms. The van der Waals surface area contributed by atoms with Crippen molar-refractivity contribution in [1.82, 2.24) is 15.2 Å². The van der Waals surface area contributed by atoms with Crippen LogP contribution in [0, 0.1) is 6.92 Å². The van der Waals surface area contributed by atoms with Crippen LogP contribution in [0.15, 0.2) is 24.3 Å². The zero-order valence-corrected chi connectivity index (χ0v) is 15.8. The van der Waals surface area contributed by atoms with Gasteiger partial charge in [-0.05, 0) is 31.2 Å². The van der Waals surface area contributed by atoms with Crippen molar-refractivity contribution >= 4 is 16.8 Å². The van der Waals surface area contributed by atoms with Crippen molar-refractivity contribution in [2.75, 3.05) is 46.5 Å². The second-order valence-corrected chi connectivity index (χ2v) is 7.07. The maximum Gasteiger partial charge on any atom is 0.253 e. The van der Waals surface area contributed by atoms with E-state index >= 15 is 0 Å². The number of aromatic nitrogens is 1. The number of aryl methyl sites for hydroxylation is 1. The minimum atomic E-state index is -0.415. The van der Waals surface area contributed by atoms with Gasteiger partial charge in [0.25, 0.3) is 5.91 Å². The highest BCUT2D eigenvalue weighted by atomic mass is 16.7. The highest BCUT2D eigenvalue weighted by molar-refractivity contribution is 5.98. The number of likely N-dealkylation sites (tertiary alicyclic amines) is 1. The van der Waals surface area contributed by atoms with Gasteiger partial charge in [-0.3, -0.25) is 14.7 Å². The number of nitrogens with one attached hydrogen (secondary N) is 1. The van der Waals surface area contributed by atoms with Gasteiger partial charge in [-0.15, -0.1) is 0 Å². The zero-order valence-electron chi connectivity index (χ0n) is 15.8. The molecule has 1 spiro atoms. The lowest BCUT2D eigenvalue weighted by Crippen LogP contribution is -2.38. The fraction of sp³-hybridized carbons (Fsp3) is 0.500. The van der Waals surface area contributed by atoms with Crippen molar-refractivity contribution in [1.29, 1.82) is 0 Å². The molecule has 2 aromatic rings. The molecule has 0 radical (unpaired) electrons. The molecule has 0 unspecified atom stereocenters. The molecular formula is C20H25N3O4. The molecule has 7 nitrogen and oxygen atoms in total. The van der Waals surface area contributed by atoms with E-state index in [1.807, 2.05) is 31.2 Å². The van der Waals surface area contributed by atoms with Gasteiger partial charge in [-0.25, -0.2) is 0 Å². The number of hydrogen-bond acceptors (Lipinski definition) is 6. The Hall–Kier alpha value is -2.22. The molecule has 3 heterocycles. The van der Waals surface area contributed by atoms with E-state index in [9.17, 15) is 4.79 Å². The summed E-state index contributed by atoms with van der Waals surface area (Å²) in [7, 11) is 1.63. The van der Waals surface area contributed by atoms with Crippen LogP contribution in [-0.4, -0.2) is 68.1 Å². The Labute approximate surface area is 158 Å². The Morgan fingerprint density at radius 3 is 2.93 bits per heavy atom. The van der Waals surface area contributed by atoms with Crippen LogP contribution in [0.1, 0.15) is 22.5 Å². The van der Waals surface area contributed by atoms with Crippen LogP contribution in [0.5, 0.6) is 5.75 Å². The van der Waals surface area contributed by atoms with Crippen molar-refractivity contribution < 1.29 is 19.0 Å². The highest BCUT2D eigenvalue weighted by Crippen LogP contribution is 2.30. The van der Waals surface area contributed by atoms with Crippen molar-refractivity contribution in [2.24, 2.45) is 0 Å². The number of nitrogens with zero attached hydrogens (tertiary/aromatic N) is 2. The lowest BCUT2D eigenvalue weighted by Gasteiger charge is -2.22. The van der Waals surface area contributed by atoms with Crippen LogP contribution in [0.25, 0.3) is 10.9 Å². The van der Waals surface area contributed by atoms with Gasteiger partial charge in [0, 0.05) is 31.4 Å². The third-order valence-electron chi connectivity index (χ3n) is 5.26. The fourth-order valence-corrected chi connectivity index (χ4v) is 3.78. The molecule has 7 heteroatoms. The molecule has 144 valence electrons. The molecule has 2 aliphatic rings. The van der Waals surface area contributed by atoms with Gasteiger partial charge >= 0.3 is 0 Å². The summed E-state index contributed by atoms with van der Waals surface area (Å²) in [5.74, 6) is 0.230. The standard InChI is InChI=1S/C20H25N3O4/c1-14-17(12-15-11-16(25-2)3-4-18(15)22-14)19(24)21-6-8-23-7-5-20(13-23)26-9-10-27-20/h3-4,11-12H,5-10,13H2,1-2H3,(H,21,24). The summed E-state index contributed by atoms with van der Waals surface area (Å²) in [6.07, 6.45) is 0.885. The second kappa shape index (κ2) is 7.42. The molecule has 1 aromatic carbocycles. The SMILES string of the molecule is COc1ccc2nc(C)c(C(=O)NCCN3CCC4(C3)OCCO4)cc2c1. The first-order valence-corrected chi connectivity index (χ1v) is 9.32. The maximum absolute atomic E-state index is 12.6. The maximum atomic E-state index is 12.6. The summed E-state index contributed by atoms with van der Waals surface area (Å²) in [5, 5.41) is 3.90. The first-order chi connectivity index (χ1) is 13.1. The molecule has 2 fully saturated rings. The molecule has 1 amide bonds. The van der Waals surface area contributed by atoms with E-state index in [4.69, 9.17) is 14.2 Å². The molecule has 2 aliphatic heterocycles. The smallest absolute Gasteiger partial charge is 0.253 e. The summed E-state index contributed by atoms with van der Waals surface area (Å²) < 4.78 is 16.7. The third kappa shape index (κ3) is 3.76. The molecule has 0 saturated carbocycles. The van der Waals surface area contributed by atoms with E-state index in [1.165, 1.54) is 0 Å². The fourth-order valence-electron chi connectivity index (χ4n) is 3.78. The van der Waals surface area contributed by atoms with Gasteiger partial charge in [-0.1, -0.05) is 0 Å². The van der Waals surface area contributed by atoms with E-state index < -0.39 is 5.79 Å². The van der Waals surface area contributed by atoms with E-state index in [2.05, 4.69) is 15.2 Å². The Morgan fingerprint density at radius 2 is 2.15 bits per heavy atom. The van der Waals surface area contributed by atoms with Crippen LogP contribution < -0.4 is 10.1 Å². The van der Waals surface area contributed by atoms with Crippen molar-refractivity contribution in [3.8, 4) is 5.75 Å². The first-order valence-electron chi connectivity index (χ1n) is 9.32. The summed E-state index contributed by atoms with van der Waals surface area (Å²) in [6.45, 7) is 6.23. The number of benzene rings is 1. The second-order valence-electron chi connectivity index (χ2n) is 7.07. The normalized spacial score (nSPS) is 19.0. The van der Waals surface area contributed by atoms with Gasteiger partial charge in [0.15, 0.2) is 5.79 Å². The number of ether oxygens (including phenoxy) is 3. The molecular weight excluding hydrogens is 346 g/mol. The van der Waals surface area contributed by atoms with Crippen LogP contribution in [-0.2, 0) is 9.47 Å². The molecule has 4 rings (SSSR count). The Bertz CT molecular complexity index is 848. The lowest BCUT2D eigenvalue weighted by atomic mass is 10.1.